The van der Waals surface area contributed by atoms with Crippen molar-refractivity contribution in [3.8, 4) is 17.1 Å². The Balaban J connectivity index is 1.35. The van der Waals surface area contributed by atoms with Crippen molar-refractivity contribution in [2.45, 2.75) is 0 Å². The first-order valence-corrected chi connectivity index (χ1v) is 9.70. The second-order valence-electron chi connectivity index (χ2n) is 6.06. The molecule has 138 valence electrons. The normalized spacial score (nSPS) is 14.3. The molecule has 1 fully saturated rings. The van der Waals surface area contributed by atoms with Crippen molar-refractivity contribution in [1.29, 1.82) is 0 Å². The molecule has 1 saturated heterocycles. The molecule has 0 atom stereocenters. The lowest BCUT2D eigenvalue weighted by molar-refractivity contribution is 0.149. The van der Waals surface area contributed by atoms with E-state index in [0.717, 1.165) is 10.7 Å². The highest BCUT2D eigenvalue weighted by molar-refractivity contribution is 7.09. The fourth-order valence-electron chi connectivity index (χ4n) is 2.79. The predicted octanol–water partition coefficient (Wildman–Crippen LogP) is 4.18. The first kappa shape index (κ1) is 17.8. The number of rotatable bonds is 3. The van der Waals surface area contributed by atoms with E-state index in [-0.39, 0.29) is 6.09 Å². The topological polar surface area (TPSA) is 58.6 Å². The summed E-state index contributed by atoms with van der Waals surface area (Å²) in [4.78, 5) is 20.8. The van der Waals surface area contributed by atoms with Gasteiger partial charge in [-0.1, -0.05) is 29.8 Å². The van der Waals surface area contributed by atoms with E-state index >= 15 is 0 Å². The maximum Gasteiger partial charge on any atom is 0.415 e. The summed E-state index contributed by atoms with van der Waals surface area (Å²) in [5, 5.41) is 1.55. The van der Waals surface area contributed by atoms with Crippen LogP contribution in [0.1, 0.15) is 0 Å². The number of para-hydroxylation sites is 1. The van der Waals surface area contributed by atoms with Gasteiger partial charge < -0.3 is 14.5 Å². The van der Waals surface area contributed by atoms with E-state index < -0.39 is 0 Å². The maximum atomic E-state index is 12.3. The number of hydrogen-bond acceptors (Lipinski definition) is 6. The zero-order valence-corrected chi connectivity index (χ0v) is 16.0. The van der Waals surface area contributed by atoms with E-state index in [2.05, 4.69) is 14.3 Å². The molecule has 3 aromatic rings. The van der Waals surface area contributed by atoms with E-state index in [1.165, 1.54) is 11.5 Å². The van der Waals surface area contributed by atoms with E-state index in [9.17, 15) is 4.79 Å². The Morgan fingerprint density at radius 2 is 1.70 bits per heavy atom. The number of nitrogens with zero attached hydrogens (tertiary/aromatic N) is 4. The second-order valence-corrected chi connectivity index (χ2v) is 7.23. The molecule has 0 N–H and O–H groups in total. The fraction of sp³-hybridized carbons (Fsp3) is 0.211. The Kier molecular flexibility index (Phi) is 5.22. The molecule has 0 radical (unpaired) electrons. The van der Waals surface area contributed by atoms with E-state index in [0.29, 0.717) is 42.8 Å². The predicted molar refractivity (Wildman–Crippen MR) is 107 cm³/mol. The maximum absolute atomic E-state index is 12.3. The fourth-order valence-corrected chi connectivity index (χ4v) is 3.66. The number of benzene rings is 2. The van der Waals surface area contributed by atoms with Gasteiger partial charge in [0.1, 0.15) is 5.75 Å². The van der Waals surface area contributed by atoms with Crippen LogP contribution >= 0.6 is 23.1 Å². The summed E-state index contributed by atoms with van der Waals surface area (Å²) < 4.78 is 9.84. The number of anilines is 1. The standard InChI is InChI=1S/C19H17ClN4O2S/c20-15-8-6-14(7-9-15)17-21-18(27-22-17)23-10-12-24(13-11-23)19(25)26-16-4-2-1-3-5-16/h1-9H,10-13H2. The number of ether oxygens (including phenoxy) is 1. The van der Waals surface area contributed by atoms with Gasteiger partial charge in [-0.3, -0.25) is 0 Å². The van der Waals surface area contributed by atoms with Crippen LogP contribution in [-0.2, 0) is 0 Å². The van der Waals surface area contributed by atoms with Crippen LogP contribution in [0, 0.1) is 0 Å². The van der Waals surface area contributed by atoms with Gasteiger partial charge in [0.05, 0.1) is 0 Å². The third-order valence-electron chi connectivity index (χ3n) is 4.27. The first-order chi connectivity index (χ1) is 13.2. The minimum atomic E-state index is -0.319. The van der Waals surface area contributed by atoms with Crippen molar-refractivity contribution in [3.05, 3.63) is 59.6 Å². The zero-order chi connectivity index (χ0) is 18.6. The summed E-state index contributed by atoms with van der Waals surface area (Å²) >= 11 is 7.29. The van der Waals surface area contributed by atoms with Gasteiger partial charge in [0, 0.05) is 48.3 Å². The summed E-state index contributed by atoms with van der Waals surface area (Å²) in [5.41, 5.74) is 0.937. The Morgan fingerprint density at radius 1 is 1.00 bits per heavy atom. The number of halogens is 1. The Labute approximate surface area is 166 Å². The molecule has 1 amide bonds. The molecule has 2 aromatic carbocycles. The summed E-state index contributed by atoms with van der Waals surface area (Å²) in [6, 6.07) is 16.6. The Hall–Kier alpha value is -2.64. The van der Waals surface area contributed by atoms with Crippen molar-refractivity contribution < 1.29 is 9.53 Å². The number of aromatic nitrogens is 2. The van der Waals surface area contributed by atoms with Crippen molar-refractivity contribution in [1.82, 2.24) is 14.3 Å². The van der Waals surface area contributed by atoms with Gasteiger partial charge in [0.2, 0.25) is 5.13 Å². The molecular weight excluding hydrogens is 384 g/mol. The van der Waals surface area contributed by atoms with Gasteiger partial charge in [-0.05, 0) is 36.4 Å². The average molecular weight is 401 g/mol. The van der Waals surface area contributed by atoms with Crippen molar-refractivity contribution in [2.24, 2.45) is 0 Å². The van der Waals surface area contributed by atoms with Crippen molar-refractivity contribution in [2.75, 3.05) is 31.1 Å². The molecular formula is C19H17ClN4O2S. The van der Waals surface area contributed by atoms with Gasteiger partial charge >= 0.3 is 6.09 Å². The molecule has 1 aromatic heterocycles. The van der Waals surface area contributed by atoms with E-state index in [1.54, 1.807) is 17.0 Å². The summed E-state index contributed by atoms with van der Waals surface area (Å²) in [7, 11) is 0. The number of piperazine rings is 1. The number of hydrogen-bond donors (Lipinski definition) is 0. The molecule has 8 heteroatoms. The number of carbonyl (C=O) groups is 1. The van der Waals surface area contributed by atoms with Gasteiger partial charge in [-0.15, -0.1) is 0 Å². The van der Waals surface area contributed by atoms with Crippen LogP contribution in [0.5, 0.6) is 5.75 Å². The van der Waals surface area contributed by atoms with Gasteiger partial charge in [-0.25, -0.2) is 4.79 Å². The van der Waals surface area contributed by atoms with Crippen LogP contribution in [0.2, 0.25) is 5.02 Å². The van der Waals surface area contributed by atoms with Crippen LogP contribution in [0.25, 0.3) is 11.4 Å². The van der Waals surface area contributed by atoms with Gasteiger partial charge in [0.15, 0.2) is 5.82 Å². The lowest BCUT2D eigenvalue weighted by Gasteiger charge is -2.33. The molecule has 0 unspecified atom stereocenters. The van der Waals surface area contributed by atoms with Crippen LogP contribution in [-0.4, -0.2) is 46.5 Å². The SMILES string of the molecule is O=C(Oc1ccccc1)N1CCN(c2nc(-c3ccc(Cl)cc3)ns2)CC1. The third-order valence-corrected chi connectivity index (χ3v) is 5.30. The highest BCUT2D eigenvalue weighted by atomic mass is 35.5. The summed E-state index contributed by atoms with van der Waals surface area (Å²) in [5.74, 6) is 1.25. The second kappa shape index (κ2) is 7.94. The van der Waals surface area contributed by atoms with Crippen LogP contribution < -0.4 is 9.64 Å². The Morgan fingerprint density at radius 3 is 2.41 bits per heavy atom. The summed E-state index contributed by atoms with van der Waals surface area (Å²) in [6.07, 6.45) is -0.319. The lowest BCUT2D eigenvalue weighted by Crippen LogP contribution is -2.49. The largest absolute Gasteiger partial charge is 0.415 e. The molecule has 27 heavy (non-hydrogen) atoms. The van der Waals surface area contributed by atoms with Gasteiger partial charge in [-0.2, -0.15) is 9.36 Å². The highest BCUT2D eigenvalue weighted by Gasteiger charge is 2.24. The zero-order valence-electron chi connectivity index (χ0n) is 14.4. The first-order valence-electron chi connectivity index (χ1n) is 8.55. The number of amides is 1. The molecule has 1 aliphatic heterocycles. The molecule has 1 aliphatic rings. The van der Waals surface area contributed by atoms with Crippen LogP contribution in [0.15, 0.2) is 54.6 Å². The molecule has 0 aliphatic carbocycles. The van der Waals surface area contributed by atoms with Crippen LogP contribution in [0.4, 0.5) is 9.93 Å². The highest BCUT2D eigenvalue weighted by Crippen LogP contribution is 2.26. The van der Waals surface area contributed by atoms with Crippen molar-refractivity contribution >= 4 is 34.4 Å². The summed E-state index contributed by atoms with van der Waals surface area (Å²) in [6.45, 7) is 2.56. The minimum Gasteiger partial charge on any atom is -0.410 e. The van der Waals surface area contributed by atoms with E-state index in [1.807, 2.05) is 42.5 Å². The molecule has 0 saturated carbocycles. The average Bonchev–Trinajstić information content (AvgIpc) is 3.20. The smallest absolute Gasteiger partial charge is 0.410 e. The molecule has 2 heterocycles. The monoisotopic (exact) mass is 400 g/mol. The third kappa shape index (κ3) is 4.20. The molecule has 6 nitrogen and oxygen atoms in total. The number of carbonyl (C=O) groups excluding carboxylic acids is 1. The molecule has 0 spiro atoms. The van der Waals surface area contributed by atoms with Gasteiger partial charge in [0.25, 0.3) is 0 Å². The Bertz CT molecular complexity index is 909. The molecule has 0 bridgehead atoms. The molecule has 4 rings (SSSR count). The quantitative estimate of drug-likeness (QED) is 0.660. The van der Waals surface area contributed by atoms with Crippen LogP contribution in [0.3, 0.4) is 0 Å². The van der Waals surface area contributed by atoms with E-state index in [4.69, 9.17) is 16.3 Å². The lowest BCUT2D eigenvalue weighted by atomic mass is 10.2. The minimum absolute atomic E-state index is 0.319. The van der Waals surface area contributed by atoms with Crippen molar-refractivity contribution in [3.63, 3.8) is 0 Å².